The van der Waals surface area contributed by atoms with Crippen LogP contribution >= 0.6 is 27.5 Å². The third kappa shape index (κ3) is 3.06. The van der Waals surface area contributed by atoms with Crippen molar-refractivity contribution in [1.29, 1.82) is 0 Å². The smallest absolute Gasteiger partial charge is 0.165 e. The van der Waals surface area contributed by atoms with Gasteiger partial charge in [-0.05, 0) is 31.5 Å². The number of benzene rings is 1. The lowest BCUT2D eigenvalue weighted by Crippen LogP contribution is -1.99. The predicted octanol–water partition coefficient (Wildman–Crippen LogP) is 4.80. The lowest BCUT2D eigenvalue weighted by atomic mass is 10.2. The molecule has 0 saturated heterocycles. The van der Waals surface area contributed by atoms with Gasteiger partial charge in [-0.2, -0.15) is 5.10 Å². The highest BCUT2D eigenvalue weighted by Gasteiger charge is 2.06. The van der Waals surface area contributed by atoms with Crippen molar-refractivity contribution < 1.29 is 4.74 Å². The van der Waals surface area contributed by atoms with Gasteiger partial charge < -0.3 is 4.74 Å². The van der Waals surface area contributed by atoms with Crippen LogP contribution in [0.2, 0.25) is 5.02 Å². The van der Waals surface area contributed by atoms with Crippen LogP contribution in [0.1, 0.15) is 25.5 Å². The zero-order chi connectivity index (χ0) is 13.1. The molecular weight excluding hydrogens is 316 g/mol. The number of halogens is 2. The Hall–Kier alpha value is -1.00. The summed E-state index contributed by atoms with van der Waals surface area (Å²) in [6.45, 7) is 4.14. The first kappa shape index (κ1) is 13.4. The standard InChI is InChI=1S/C13H14BrClN2O/c1-9(2)17-8-12(7-16-17)18-11-4-3-10(6-14)13(15)5-11/h3-5,7-9H,6H2,1-2H3. The van der Waals surface area contributed by atoms with Crippen LogP contribution in [-0.4, -0.2) is 9.78 Å². The second kappa shape index (κ2) is 5.76. The second-order valence-corrected chi connectivity index (χ2v) is 5.21. The molecule has 0 radical (unpaired) electrons. The van der Waals surface area contributed by atoms with Crippen molar-refractivity contribution >= 4 is 27.5 Å². The van der Waals surface area contributed by atoms with E-state index in [1.807, 2.05) is 29.1 Å². The van der Waals surface area contributed by atoms with Crippen LogP contribution in [0.4, 0.5) is 0 Å². The van der Waals surface area contributed by atoms with Crippen LogP contribution in [0.3, 0.4) is 0 Å². The summed E-state index contributed by atoms with van der Waals surface area (Å²) in [5.41, 5.74) is 1.04. The molecule has 0 bridgehead atoms. The number of alkyl halides is 1. The van der Waals surface area contributed by atoms with Gasteiger partial charge in [0.2, 0.25) is 0 Å². The Morgan fingerprint density at radius 2 is 2.17 bits per heavy atom. The van der Waals surface area contributed by atoms with E-state index < -0.39 is 0 Å². The molecule has 3 nitrogen and oxygen atoms in total. The second-order valence-electron chi connectivity index (χ2n) is 4.24. The quantitative estimate of drug-likeness (QED) is 0.753. The van der Waals surface area contributed by atoms with E-state index in [0.717, 1.165) is 10.9 Å². The van der Waals surface area contributed by atoms with Gasteiger partial charge in [-0.25, -0.2) is 0 Å². The van der Waals surface area contributed by atoms with Gasteiger partial charge >= 0.3 is 0 Å². The first-order valence-electron chi connectivity index (χ1n) is 5.66. The van der Waals surface area contributed by atoms with Gasteiger partial charge in [0.05, 0.1) is 12.4 Å². The summed E-state index contributed by atoms with van der Waals surface area (Å²) in [7, 11) is 0. The van der Waals surface area contributed by atoms with E-state index in [9.17, 15) is 0 Å². The third-order valence-electron chi connectivity index (χ3n) is 2.51. The molecule has 0 unspecified atom stereocenters. The minimum Gasteiger partial charge on any atom is -0.454 e. The molecule has 1 aromatic heterocycles. The highest BCUT2D eigenvalue weighted by molar-refractivity contribution is 9.08. The van der Waals surface area contributed by atoms with E-state index in [0.29, 0.717) is 22.6 Å². The fourth-order valence-corrected chi connectivity index (χ4v) is 2.38. The fourth-order valence-electron chi connectivity index (χ4n) is 1.49. The molecule has 0 spiro atoms. The van der Waals surface area contributed by atoms with Crippen molar-refractivity contribution in [3.05, 3.63) is 41.2 Å². The first-order chi connectivity index (χ1) is 8.60. The topological polar surface area (TPSA) is 27.1 Å². The van der Waals surface area contributed by atoms with Crippen LogP contribution in [0.25, 0.3) is 0 Å². The largest absolute Gasteiger partial charge is 0.454 e. The maximum Gasteiger partial charge on any atom is 0.165 e. The summed E-state index contributed by atoms with van der Waals surface area (Å²) in [4.78, 5) is 0. The lowest BCUT2D eigenvalue weighted by molar-refractivity contribution is 0.477. The summed E-state index contributed by atoms with van der Waals surface area (Å²) < 4.78 is 7.56. The lowest BCUT2D eigenvalue weighted by Gasteiger charge is -2.06. The van der Waals surface area contributed by atoms with Crippen molar-refractivity contribution in [2.75, 3.05) is 0 Å². The molecule has 2 aromatic rings. The summed E-state index contributed by atoms with van der Waals surface area (Å²) in [6, 6.07) is 5.97. The van der Waals surface area contributed by atoms with Gasteiger partial charge in [-0.1, -0.05) is 33.6 Å². The number of nitrogens with zero attached hydrogens (tertiary/aromatic N) is 2. The normalized spacial score (nSPS) is 10.9. The number of hydrogen-bond donors (Lipinski definition) is 0. The molecule has 18 heavy (non-hydrogen) atoms. The Kier molecular flexibility index (Phi) is 4.30. The highest BCUT2D eigenvalue weighted by Crippen LogP contribution is 2.28. The maximum atomic E-state index is 6.12. The zero-order valence-electron chi connectivity index (χ0n) is 10.2. The molecule has 2 rings (SSSR count). The van der Waals surface area contributed by atoms with E-state index in [1.54, 1.807) is 6.20 Å². The minimum atomic E-state index is 0.321. The summed E-state index contributed by atoms with van der Waals surface area (Å²) in [5.74, 6) is 1.43. The highest BCUT2D eigenvalue weighted by atomic mass is 79.9. The SMILES string of the molecule is CC(C)n1cc(Oc2ccc(CBr)c(Cl)c2)cn1. The predicted molar refractivity (Wildman–Crippen MR) is 76.8 cm³/mol. The summed E-state index contributed by atoms with van der Waals surface area (Å²) in [5, 5.41) is 5.65. The van der Waals surface area contributed by atoms with E-state index in [4.69, 9.17) is 16.3 Å². The Morgan fingerprint density at radius 1 is 1.39 bits per heavy atom. The van der Waals surface area contributed by atoms with Crippen molar-refractivity contribution in [2.45, 2.75) is 25.2 Å². The number of hydrogen-bond acceptors (Lipinski definition) is 2. The number of aromatic nitrogens is 2. The molecule has 0 atom stereocenters. The third-order valence-corrected chi connectivity index (χ3v) is 3.47. The molecule has 0 amide bonds. The number of rotatable bonds is 4. The first-order valence-corrected chi connectivity index (χ1v) is 7.16. The average molecular weight is 330 g/mol. The zero-order valence-corrected chi connectivity index (χ0v) is 12.6. The molecule has 0 saturated carbocycles. The van der Waals surface area contributed by atoms with Gasteiger partial charge in [0, 0.05) is 16.4 Å². The fraction of sp³-hybridized carbons (Fsp3) is 0.308. The number of ether oxygens (including phenoxy) is 1. The molecule has 1 heterocycles. The Bertz CT molecular complexity index is 540. The molecule has 96 valence electrons. The molecule has 0 aliphatic carbocycles. The van der Waals surface area contributed by atoms with Crippen LogP contribution in [-0.2, 0) is 5.33 Å². The Balaban J connectivity index is 2.15. The average Bonchev–Trinajstić information content (AvgIpc) is 2.78. The van der Waals surface area contributed by atoms with Crippen LogP contribution in [0, 0.1) is 0 Å². The van der Waals surface area contributed by atoms with Gasteiger partial charge in [0.1, 0.15) is 5.75 Å². The molecular formula is C13H14BrClN2O. The monoisotopic (exact) mass is 328 g/mol. The van der Waals surface area contributed by atoms with Gasteiger partial charge in [-0.15, -0.1) is 0 Å². The van der Waals surface area contributed by atoms with Crippen LogP contribution in [0.15, 0.2) is 30.6 Å². The summed E-state index contributed by atoms with van der Waals surface area (Å²) >= 11 is 9.50. The summed E-state index contributed by atoms with van der Waals surface area (Å²) in [6.07, 6.45) is 3.57. The Morgan fingerprint density at radius 3 is 2.72 bits per heavy atom. The molecule has 1 aromatic carbocycles. The van der Waals surface area contributed by atoms with Crippen LogP contribution in [0.5, 0.6) is 11.5 Å². The van der Waals surface area contributed by atoms with Crippen molar-refractivity contribution in [3.8, 4) is 11.5 Å². The van der Waals surface area contributed by atoms with E-state index in [-0.39, 0.29) is 0 Å². The Labute approximate surface area is 120 Å². The van der Waals surface area contributed by atoms with Gasteiger partial charge in [0.15, 0.2) is 5.75 Å². The van der Waals surface area contributed by atoms with E-state index in [2.05, 4.69) is 34.9 Å². The minimum absolute atomic E-state index is 0.321. The molecule has 0 N–H and O–H groups in total. The maximum absolute atomic E-state index is 6.12. The molecule has 0 fully saturated rings. The van der Waals surface area contributed by atoms with Crippen LogP contribution < -0.4 is 4.74 Å². The molecule has 5 heteroatoms. The molecule has 0 aliphatic rings. The van der Waals surface area contributed by atoms with Crippen molar-refractivity contribution in [2.24, 2.45) is 0 Å². The van der Waals surface area contributed by atoms with Gasteiger partial charge in [-0.3, -0.25) is 4.68 Å². The van der Waals surface area contributed by atoms with Crippen molar-refractivity contribution in [3.63, 3.8) is 0 Å². The van der Waals surface area contributed by atoms with Gasteiger partial charge in [0.25, 0.3) is 0 Å². The van der Waals surface area contributed by atoms with Crippen molar-refractivity contribution in [1.82, 2.24) is 9.78 Å². The van der Waals surface area contributed by atoms with E-state index in [1.165, 1.54) is 0 Å². The van der Waals surface area contributed by atoms with E-state index >= 15 is 0 Å². The molecule has 0 aliphatic heterocycles.